The van der Waals surface area contributed by atoms with E-state index in [1.807, 2.05) is 35.2 Å². The highest BCUT2D eigenvalue weighted by Crippen LogP contribution is 2.15. The van der Waals surface area contributed by atoms with Crippen LogP contribution in [-0.2, 0) is 4.74 Å². The number of benzene rings is 1. The molecule has 0 radical (unpaired) electrons. The van der Waals surface area contributed by atoms with Crippen molar-refractivity contribution in [1.82, 2.24) is 20.2 Å². The molecule has 1 fully saturated rings. The molecule has 0 unspecified atom stereocenters. The molecular formula is C18H23N5O2. The number of anilines is 1. The molecule has 3 rings (SSSR count). The van der Waals surface area contributed by atoms with Crippen LogP contribution in [0.15, 0.2) is 48.8 Å². The molecular weight excluding hydrogens is 318 g/mol. The van der Waals surface area contributed by atoms with E-state index in [-0.39, 0.29) is 12.1 Å². The van der Waals surface area contributed by atoms with Gasteiger partial charge in [0.25, 0.3) is 0 Å². The highest BCUT2D eigenvalue weighted by molar-refractivity contribution is 5.74. The number of hydrogen-bond acceptors (Lipinski definition) is 5. The van der Waals surface area contributed by atoms with Crippen molar-refractivity contribution in [2.24, 2.45) is 0 Å². The van der Waals surface area contributed by atoms with Gasteiger partial charge in [-0.15, -0.1) is 0 Å². The summed E-state index contributed by atoms with van der Waals surface area (Å²) >= 11 is 0. The topological polar surface area (TPSA) is 70.6 Å². The number of nitrogens with zero attached hydrogens (tertiary/aromatic N) is 4. The zero-order valence-electron chi connectivity index (χ0n) is 14.3. The normalized spacial score (nSPS) is 15.7. The molecule has 1 aromatic carbocycles. The smallest absolute Gasteiger partial charge is 0.317 e. The molecule has 1 atom stereocenters. The number of ether oxygens (including phenoxy) is 1. The number of amides is 2. The third-order valence-corrected chi connectivity index (χ3v) is 4.30. The fourth-order valence-corrected chi connectivity index (χ4v) is 2.86. The number of methoxy groups -OCH3 is 1. The molecule has 1 aliphatic rings. The summed E-state index contributed by atoms with van der Waals surface area (Å²) in [5.74, 6) is 0.714. The Hall–Kier alpha value is -2.67. The van der Waals surface area contributed by atoms with Crippen LogP contribution in [0.4, 0.5) is 10.7 Å². The number of carbonyl (C=O) groups excluding carboxylic acids is 1. The van der Waals surface area contributed by atoms with Crippen LogP contribution in [0.5, 0.6) is 0 Å². The highest BCUT2D eigenvalue weighted by Gasteiger charge is 2.23. The van der Waals surface area contributed by atoms with E-state index in [4.69, 9.17) is 4.74 Å². The summed E-state index contributed by atoms with van der Waals surface area (Å²) in [6.07, 6.45) is 3.32. The van der Waals surface area contributed by atoms with Gasteiger partial charge in [0.2, 0.25) is 5.95 Å². The lowest BCUT2D eigenvalue weighted by Gasteiger charge is -2.34. The Labute approximate surface area is 147 Å². The van der Waals surface area contributed by atoms with E-state index in [0.29, 0.717) is 25.6 Å². The lowest BCUT2D eigenvalue weighted by molar-refractivity contribution is 0.101. The molecule has 7 nitrogen and oxygen atoms in total. The molecule has 1 aliphatic heterocycles. The minimum absolute atomic E-state index is 0.0633. The molecule has 25 heavy (non-hydrogen) atoms. The number of aromatic nitrogens is 2. The highest BCUT2D eigenvalue weighted by atomic mass is 16.5. The lowest BCUT2D eigenvalue weighted by Crippen LogP contribution is -2.52. The van der Waals surface area contributed by atoms with Crippen molar-refractivity contribution in [3.8, 4) is 0 Å². The first-order valence-corrected chi connectivity index (χ1v) is 8.40. The van der Waals surface area contributed by atoms with E-state index in [0.717, 1.165) is 18.7 Å². The maximum Gasteiger partial charge on any atom is 0.317 e. The number of urea groups is 1. The van der Waals surface area contributed by atoms with Crippen molar-refractivity contribution in [1.29, 1.82) is 0 Å². The maximum absolute atomic E-state index is 12.4. The summed E-state index contributed by atoms with van der Waals surface area (Å²) in [7, 11) is 1.66. The van der Waals surface area contributed by atoms with Gasteiger partial charge >= 0.3 is 6.03 Å². The standard InChI is InChI=1S/C18H23N5O2/c1-25-16(15-6-3-2-4-7-15)14-21-18(24)23-12-10-22(11-13-23)17-19-8-5-9-20-17/h2-9,16H,10-14H2,1H3,(H,21,24)/t16-/m0/s1. The summed E-state index contributed by atoms with van der Waals surface area (Å²) in [6.45, 7) is 3.19. The second-order valence-electron chi connectivity index (χ2n) is 5.84. The fourth-order valence-electron chi connectivity index (χ4n) is 2.86. The van der Waals surface area contributed by atoms with Crippen LogP contribution in [0.1, 0.15) is 11.7 Å². The largest absolute Gasteiger partial charge is 0.375 e. The van der Waals surface area contributed by atoms with Gasteiger partial charge < -0.3 is 19.9 Å². The minimum Gasteiger partial charge on any atom is -0.375 e. The lowest BCUT2D eigenvalue weighted by atomic mass is 10.1. The summed E-state index contributed by atoms with van der Waals surface area (Å²) in [5.41, 5.74) is 1.05. The molecule has 132 valence electrons. The number of carbonyl (C=O) groups is 1. The molecule has 2 aromatic rings. The van der Waals surface area contributed by atoms with Gasteiger partial charge in [0, 0.05) is 52.2 Å². The Balaban J connectivity index is 1.48. The molecule has 1 aromatic heterocycles. The van der Waals surface area contributed by atoms with Crippen LogP contribution in [0.3, 0.4) is 0 Å². The van der Waals surface area contributed by atoms with Crippen LogP contribution < -0.4 is 10.2 Å². The third kappa shape index (κ3) is 4.45. The number of hydrogen-bond donors (Lipinski definition) is 1. The Bertz CT molecular complexity index is 660. The Kier molecular flexibility index (Phi) is 5.79. The summed E-state index contributed by atoms with van der Waals surface area (Å²) in [5, 5.41) is 2.97. The molecule has 1 saturated heterocycles. The number of piperazine rings is 1. The Morgan fingerprint density at radius 2 is 1.80 bits per heavy atom. The number of nitrogens with one attached hydrogen (secondary N) is 1. The van der Waals surface area contributed by atoms with Crippen LogP contribution in [0, 0.1) is 0 Å². The third-order valence-electron chi connectivity index (χ3n) is 4.30. The van der Waals surface area contributed by atoms with E-state index in [2.05, 4.69) is 20.2 Å². The first-order valence-electron chi connectivity index (χ1n) is 8.40. The molecule has 0 aliphatic carbocycles. The minimum atomic E-state index is -0.149. The molecule has 0 saturated carbocycles. The van der Waals surface area contributed by atoms with Gasteiger partial charge in [0.1, 0.15) is 0 Å². The number of rotatable bonds is 5. The van der Waals surface area contributed by atoms with Crippen molar-refractivity contribution in [2.45, 2.75) is 6.10 Å². The molecule has 0 spiro atoms. The zero-order chi connectivity index (χ0) is 17.5. The zero-order valence-corrected chi connectivity index (χ0v) is 14.3. The second-order valence-corrected chi connectivity index (χ2v) is 5.84. The summed E-state index contributed by atoms with van der Waals surface area (Å²) in [4.78, 5) is 24.8. The molecule has 2 amide bonds. The van der Waals surface area contributed by atoms with Gasteiger partial charge in [-0.3, -0.25) is 0 Å². The van der Waals surface area contributed by atoms with Gasteiger partial charge in [-0.05, 0) is 11.6 Å². The average Bonchev–Trinajstić information content (AvgIpc) is 2.70. The van der Waals surface area contributed by atoms with E-state index < -0.39 is 0 Å². The van der Waals surface area contributed by atoms with E-state index in [9.17, 15) is 4.79 Å². The van der Waals surface area contributed by atoms with Gasteiger partial charge in [-0.2, -0.15) is 0 Å². The average molecular weight is 341 g/mol. The van der Waals surface area contributed by atoms with Crippen LogP contribution in [0.25, 0.3) is 0 Å². The van der Waals surface area contributed by atoms with Crippen LogP contribution >= 0.6 is 0 Å². The van der Waals surface area contributed by atoms with Crippen LogP contribution in [-0.4, -0.2) is 60.7 Å². The Morgan fingerprint density at radius 3 is 2.44 bits per heavy atom. The van der Waals surface area contributed by atoms with Crippen LogP contribution in [0.2, 0.25) is 0 Å². The van der Waals surface area contributed by atoms with E-state index in [1.54, 1.807) is 25.6 Å². The van der Waals surface area contributed by atoms with Crippen molar-refractivity contribution < 1.29 is 9.53 Å². The fraction of sp³-hybridized carbons (Fsp3) is 0.389. The maximum atomic E-state index is 12.4. The van der Waals surface area contributed by atoms with Crippen molar-refractivity contribution in [3.05, 3.63) is 54.4 Å². The van der Waals surface area contributed by atoms with Crippen molar-refractivity contribution in [2.75, 3.05) is 44.7 Å². The Morgan fingerprint density at radius 1 is 1.12 bits per heavy atom. The van der Waals surface area contributed by atoms with Gasteiger partial charge in [0.05, 0.1) is 6.10 Å². The first-order chi connectivity index (χ1) is 12.3. The van der Waals surface area contributed by atoms with Gasteiger partial charge in [-0.1, -0.05) is 30.3 Å². The molecule has 7 heteroatoms. The van der Waals surface area contributed by atoms with Crippen molar-refractivity contribution >= 4 is 12.0 Å². The molecule has 1 N–H and O–H groups in total. The predicted molar refractivity (Wildman–Crippen MR) is 95.4 cm³/mol. The molecule has 2 heterocycles. The quantitative estimate of drug-likeness (QED) is 0.896. The summed E-state index contributed by atoms with van der Waals surface area (Å²) < 4.78 is 5.49. The first kappa shape index (κ1) is 17.2. The predicted octanol–water partition coefficient (Wildman–Crippen LogP) is 1.70. The van der Waals surface area contributed by atoms with E-state index in [1.165, 1.54) is 0 Å². The monoisotopic (exact) mass is 341 g/mol. The SMILES string of the molecule is CO[C@@H](CNC(=O)N1CCN(c2ncccn2)CC1)c1ccccc1. The molecule has 0 bridgehead atoms. The van der Waals surface area contributed by atoms with Gasteiger partial charge in [-0.25, -0.2) is 14.8 Å². The summed E-state index contributed by atoms with van der Waals surface area (Å²) in [6, 6.07) is 11.6. The van der Waals surface area contributed by atoms with E-state index >= 15 is 0 Å². The van der Waals surface area contributed by atoms with Crippen molar-refractivity contribution in [3.63, 3.8) is 0 Å². The second kappa shape index (κ2) is 8.43. The van der Waals surface area contributed by atoms with Gasteiger partial charge in [0.15, 0.2) is 0 Å².